The molecule has 2 rings (SSSR count). The van der Waals surface area contributed by atoms with Gasteiger partial charge in [-0.05, 0) is 44.2 Å². The summed E-state index contributed by atoms with van der Waals surface area (Å²) in [6, 6.07) is 4.15. The number of rotatable bonds is 4. The van der Waals surface area contributed by atoms with Crippen LogP contribution in [0.4, 0.5) is 5.69 Å². The van der Waals surface area contributed by atoms with Gasteiger partial charge in [0.05, 0.1) is 0 Å². The predicted molar refractivity (Wildman–Crippen MR) is 70.8 cm³/mol. The van der Waals surface area contributed by atoms with E-state index in [0.29, 0.717) is 12.3 Å². The molecule has 0 spiro atoms. The lowest BCUT2D eigenvalue weighted by atomic mass is 9.92. The van der Waals surface area contributed by atoms with Gasteiger partial charge in [0.2, 0.25) is 0 Å². The zero-order valence-corrected chi connectivity index (χ0v) is 10.8. The number of aryl methyl sites for hydroxylation is 1. The van der Waals surface area contributed by atoms with Gasteiger partial charge in [-0.25, -0.2) is 0 Å². The Bertz CT molecular complexity index is 412. The first-order chi connectivity index (χ1) is 8.65. The molecule has 1 fully saturated rings. The Hall–Kier alpha value is -1.58. The standard InChI is InChI=1S/C14H20N2O2/c1-11-10-13(4-7-15-11)16-8-5-12(6-9-16)2-3-14(17)18/h4,7,10,12H,2-3,5-6,8-9H2,1H3,(H,17,18). The van der Waals surface area contributed by atoms with Gasteiger partial charge >= 0.3 is 5.97 Å². The third-order valence-electron chi connectivity index (χ3n) is 3.63. The summed E-state index contributed by atoms with van der Waals surface area (Å²) in [6.07, 6.45) is 5.15. The monoisotopic (exact) mass is 248 g/mol. The van der Waals surface area contributed by atoms with Crippen LogP contribution in [0.15, 0.2) is 18.3 Å². The van der Waals surface area contributed by atoms with Gasteiger partial charge in [0, 0.05) is 37.1 Å². The highest BCUT2D eigenvalue weighted by atomic mass is 16.4. The fraction of sp³-hybridized carbons (Fsp3) is 0.571. The summed E-state index contributed by atoms with van der Waals surface area (Å²) in [5.74, 6) is -0.109. The molecule has 1 aromatic rings. The molecule has 2 heterocycles. The van der Waals surface area contributed by atoms with Crippen molar-refractivity contribution in [2.75, 3.05) is 18.0 Å². The lowest BCUT2D eigenvalue weighted by Crippen LogP contribution is -2.33. The molecule has 98 valence electrons. The van der Waals surface area contributed by atoms with Crippen LogP contribution in [0.25, 0.3) is 0 Å². The smallest absolute Gasteiger partial charge is 0.303 e. The van der Waals surface area contributed by atoms with Gasteiger partial charge in [-0.15, -0.1) is 0 Å². The van der Waals surface area contributed by atoms with Gasteiger partial charge in [0.15, 0.2) is 0 Å². The Labute approximate surface area is 108 Å². The minimum atomic E-state index is -0.679. The maximum atomic E-state index is 10.5. The molecule has 18 heavy (non-hydrogen) atoms. The molecule has 4 nitrogen and oxygen atoms in total. The molecule has 4 heteroatoms. The topological polar surface area (TPSA) is 53.4 Å². The van der Waals surface area contributed by atoms with Gasteiger partial charge in [-0.2, -0.15) is 0 Å². The molecule has 0 aromatic carbocycles. The van der Waals surface area contributed by atoms with Crippen molar-refractivity contribution < 1.29 is 9.90 Å². The SMILES string of the molecule is Cc1cc(N2CCC(CCC(=O)O)CC2)ccn1. The van der Waals surface area contributed by atoms with Crippen molar-refractivity contribution in [3.63, 3.8) is 0 Å². The first-order valence-electron chi connectivity index (χ1n) is 6.54. The van der Waals surface area contributed by atoms with E-state index in [9.17, 15) is 4.79 Å². The van der Waals surface area contributed by atoms with Gasteiger partial charge in [-0.3, -0.25) is 9.78 Å². The van der Waals surface area contributed by atoms with Gasteiger partial charge in [0.25, 0.3) is 0 Å². The molecule has 0 amide bonds. The molecule has 0 atom stereocenters. The first-order valence-corrected chi connectivity index (χ1v) is 6.54. The number of hydrogen-bond donors (Lipinski definition) is 1. The summed E-state index contributed by atoms with van der Waals surface area (Å²) < 4.78 is 0. The number of hydrogen-bond acceptors (Lipinski definition) is 3. The van der Waals surface area contributed by atoms with E-state index in [1.165, 1.54) is 5.69 Å². The predicted octanol–water partition coefficient (Wildman–Crippen LogP) is 2.47. The summed E-state index contributed by atoms with van der Waals surface area (Å²) in [7, 11) is 0. The van der Waals surface area contributed by atoms with Crippen LogP contribution >= 0.6 is 0 Å². The number of carboxylic acid groups (broad SMARTS) is 1. The third kappa shape index (κ3) is 3.45. The number of anilines is 1. The van der Waals surface area contributed by atoms with E-state index in [4.69, 9.17) is 5.11 Å². The second kappa shape index (κ2) is 5.85. The Kier molecular flexibility index (Phi) is 4.18. The number of piperidine rings is 1. The quantitative estimate of drug-likeness (QED) is 0.889. The summed E-state index contributed by atoms with van der Waals surface area (Å²) in [4.78, 5) is 17.1. The average molecular weight is 248 g/mol. The minimum absolute atomic E-state index is 0.305. The molecular formula is C14H20N2O2. The molecule has 1 aromatic heterocycles. The van der Waals surface area contributed by atoms with Crippen LogP contribution in [0.1, 0.15) is 31.4 Å². The Morgan fingerprint density at radius 1 is 1.50 bits per heavy atom. The Morgan fingerprint density at radius 3 is 2.83 bits per heavy atom. The Morgan fingerprint density at radius 2 is 2.22 bits per heavy atom. The molecule has 0 aliphatic carbocycles. The van der Waals surface area contributed by atoms with E-state index in [1.807, 2.05) is 19.2 Å². The van der Waals surface area contributed by atoms with E-state index in [-0.39, 0.29) is 0 Å². The van der Waals surface area contributed by atoms with E-state index < -0.39 is 5.97 Å². The van der Waals surface area contributed by atoms with Gasteiger partial charge < -0.3 is 10.0 Å². The van der Waals surface area contributed by atoms with Crippen molar-refractivity contribution in [2.45, 2.75) is 32.6 Å². The largest absolute Gasteiger partial charge is 0.481 e. The molecule has 0 bridgehead atoms. The van der Waals surface area contributed by atoms with Crippen molar-refractivity contribution in [2.24, 2.45) is 5.92 Å². The number of carboxylic acids is 1. The lowest BCUT2D eigenvalue weighted by molar-refractivity contribution is -0.137. The van der Waals surface area contributed by atoms with Crippen molar-refractivity contribution in [1.29, 1.82) is 0 Å². The van der Waals surface area contributed by atoms with Crippen molar-refractivity contribution in [3.8, 4) is 0 Å². The maximum absolute atomic E-state index is 10.5. The molecule has 1 N–H and O–H groups in total. The van der Waals surface area contributed by atoms with Gasteiger partial charge in [0.1, 0.15) is 0 Å². The van der Waals surface area contributed by atoms with Crippen molar-refractivity contribution >= 4 is 11.7 Å². The van der Waals surface area contributed by atoms with Crippen LogP contribution < -0.4 is 4.90 Å². The van der Waals surface area contributed by atoms with Gasteiger partial charge in [-0.1, -0.05) is 0 Å². The summed E-state index contributed by atoms with van der Waals surface area (Å²) in [6.45, 7) is 4.05. The van der Waals surface area contributed by atoms with Crippen molar-refractivity contribution in [1.82, 2.24) is 4.98 Å². The molecule has 0 saturated carbocycles. The van der Waals surface area contributed by atoms with Crippen LogP contribution in [0.5, 0.6) is 0 Å². The van der Waals surface area contributed by atoms with Crippen molar-refractivity contribution in [3.05, 3.63) is 24.0 Å². The van der Waals surface area contributed by atoms with E-state index in [2.05, 4.69) is 16.0 Å². The number of aliphatic carboxylic acids is 1. The molecule has 1 aliphatic rings. The zero-order chi connectivity index (χ0) is 13.0. The van der Waals surface area contributed by atoms with Crippen LogP contribution in [0, 0.1) is 12.8 Å². The highest BCUT2D eigenvalue weighted by molar-refractivity contribution is 5.66. The fourth-order valence-corrected chi connectivity index (χ4v) is 2.53. The minimum Gasteiger partial charge on any atom is -0.481 e. The number of carbonyl (C=O) groups is 1. The number of nitrogens with zero attached hydrogens (tertiary/aromatic N) is 2. The normalized spacial score (nSPS) is 16.8. The highest BCUT2D eigenvalue weighted by Gasteiger charge is 2.20. The average Bonchev–Trinajstić information content (AvgIpc) is 2.37. The molecule has 1 saturated heterocycles. The first kappa shape index (κ1) is 12.9. The third-order valence-corrected chi connectivity index (χ3v) is 3.63. The van der Waals surface area contributed by atoms with E-state index in [0.717, 1.165) is 38.0 Å². The summed E-state index contributed by atoms with van der Waals surface area (Å²) >= 11 is 0. The summed E-state index contributed by atoms with van der Waals surface area (Å²) in [5, 5.41) is 8.69. The molecule has 0 unspecified atom stereocenters. The molecular weight excluding hydrogens is 228 g/mol. The van der Waals surface area contributed by atoms with Crippen LogP contribution in [0.2, 0.25) is 0 Å². The molecule has 1 aliphatic heterocycles. The zero-order valence-electron chi connectivity index (χ0n) is 10.8. The second-order valence-corrected chi connectivity index (χ2v) is 5.02. The maximum Gasteiger partial charge on any atom is 0.303 e. The second-order valence-electron chi connectivity index (χ2n) is 5.02. The number of aromatic nitrogens is 1. The fourth-order valence-electron chi connectivity index (χ4n) is 2.53. The van der Waals surface area contributed by atoms with Crippen LogP contribution in [0.3, 0.4) is 0 Å². The highest BCUT2D eigenvalue weighted by Crippen LogP contribution is 2.25. The van der Waals surface area contributed by atoms with Crippen LogP contribution in [-0.4, -0.2) is 29.1 Å². The summed E-state index contributed by atoms with van der Waals surface area (Å²) in [5.41, 5.74) is 2.28. The Balaban J connectivity index is 1.85. The van der Waals surface area contributed by atoms with E-state index in [1.54, 1.807) is 0 Å². The van der Waals surface area contributed by atoms with Crippen LogP contribution in [-0.2, 0) is 4.79 Å². The van der Waals surface area contributed by atoms with E-state index >= 15 is 0 Å². The molecule has 0 radical (unpaired) electrons. The lowest BCUT2D eigenvalue weighted by Gasteiger charge is -2.33. The number of pyridine rings is 1.